The molecule has 0 aromatic rings. The van der Waals surface area contributed by atoms with Gasteiger partial charge in [-0.25, -0.2) is 5.84 Å². The Bertz CT molecular complexity index is 125. The maximum Gasteiger partial charge on any atom is 0.284 e. The van der Waals surface area contributed by atoms with Crippen LogP contribution < -0.4 is 27.2 Å². The van der Waals surface area contributed by atoms with Crippen LogP contribution in [0, 0.1) is 0 Å². The van der Waals surface area contributed by atoms with Gasteiger partial charge in [-0.2, -0.15) is 0 Å². The van der Waals surface area contributed by atoms with Crippen molar-refractivity contribution in [3.8, 4) is 0 Å². The van der Waals surface area contributed by atoms with Crippen molar-refractivity contribution in [2.75, 3.05) is 21.1 Å². The van der Waals surface area contributed by atoms with Gasteiger partial charge in [-0.05, 0) is 21.1 Å². The number of nitrogens with one attached hydrogen (secondary N) is 4. The average molecular weight is 161 g/mol. The van der Waals surface area contributed by atoms with E-state index < -0.39 is 5.79 Å². The van der Waals surface area contributed by atoms with Gasteiger partial charge in [0.15, 0.2) is 0 Å². The third-order valence-electron chi connectivity index (χ3n) is 1.60. The number of hydrazine groups is 1. The van der Waals surface area contributed by atoms with Gasteiger partial charge in [0.05, 0.1) is 0 Å². The van der Waals surface area contributed by atoms with Crippen LogP contribution in [0.25, 0.3) is 0 Å². The van der Waals surface area contributed by atoms with Crippen LogP contribution in [0.1, 0.15) is 0 Å². The fourth-order valence-electron chi connectivity index (χ4n) is 0.824. The number of likely N-dealkylation sites (N-methyl/N-ethyl adjacent to an activating group) is 3. The molecular formula is C5H15N5O. The quantitative estimate of drug-likeness (QED) is 0.134. The number of carbonyl (C=O) groups is 1. The SMILES string of the molecule is CNC(NC)(NC)C(=O)NN. The first-order chi connectivity index (χ1) is 5.16. The first-order valence-corrected chi connectivity index (χ1v) is 3.24. The lowest BCUT2D eigenvalue weighted by molar-refractivity contribution is -0.130. The Morgan fingerprint density at radius 1 is 1.18 bits per heavy atom. The van der Waals surface area contributed by atoms with E-state index >= 15 is 0 Å². The zero-order valence-electron chi connectivity index (χ0n) is 6.99. The number of rotatable bonds is 4. The summed E-state index contributed by atoms with van der Waals surface area (Å²) in [5.74, 6) is 3.60. The Kier molecular flexibility index (Phi) is 3.98. The van der Waals surface area contributed by atoms with E-state index in [0.717, 1.165) is 0 Å². The first-order valence-electron chi connectivity index (χ1n) is 3.24. The molecule has 0 aliphatic carbocycles. The highest BCUT2D eigenvalue weighted by atomic mass is 16.2. The van der Waals surface area contributed by atoms with Crippen LogP contribution in [-0.4, -0.2) is 32.8 Å². The van der Waals surface area contributed by atoms with Crippen molar-refractivity contribution in [3.05, 3.63) is 0 Å². The Morgan fingerprint density at radius 2 is 1.55 bits per heavy atom. The molecule has 0 aromatic heterocycles. The maximum absolute atomic E-state index is 11.1. The summed E-state index contributed by atoms with van der Waals surface area (Å²) in [6.45, 7) is 0. The summed E-state index contributed by atoms with van der Waals surface area (Å²) >= 11 is 0. The summed E-state index contributed by atoms with van der Waals surface area (Å²) in [6.07, 6.45) is 0. The molecule has 0 aliphatic heterocycles. The minimum Gasteiger partial charge on any atom is -0.290 e. The molecule has 11 heavy (non-hydrogen) atoms. The Labute approximate surface area is 65.9 Å². The molecule has 0 rings (SSSR count). The highest BCUT2D eigenvalue weighted by Gasteiger charge is 2.32. The molecule has 0 saturated carbocycles. The molecule has 66 valence electrons. The largest absolute Gasteiger partial charge is 0.290 e. The molecule has 0 spiro atoms. The lowest BCUT2D eigenvalue weighted by Crippen LogP contribution is -2.72. The first kappa shape index (κ1) is 10.3. The second kappa shape index (κ2) is 4.24. The summed E-state index contributed by atoms with van der Waals surface area (Å²) in [7, 11) is 4.92. The minimum atomic E-state index is -0.991. The van der Waals surface area contributed by atoms with E-state index in [1.165, 1.54) is 0 Å². The van der Waals surface area contributed by atoms with E-state index in [1.54, 1.807) is 21.1 Å². The Hall–Kier alpha value is -0.690. The molecule has 0 bridgehead atoms. The van der Waals surface area contributed by atoms with Crippen molar-refractivity contribution in [1.29, 1.82) is 0 Å². The highest BCUT2D eigenvalue weighted by molar-refractivity contribution is 5.84. The lowest BCUT2D eigenvalue weighted by atomic mass is 10.3. The standard InChI is InChI=1S/C5H15N5O/c1-7-5(8-2,9-3)4(11)10-6/h7-9H,6H2,1-3H3,(H,10,11). The molecule has 0 fully saturated rings. The molecule has 6 N–H and O–H groups in total. The van der Waals surface area contributed by atoms with Gasteiger partial charge in [-0.15, -0.1) is 0 Å². The molecule has 0 aliphatic rings. The number of hydrogen-bond acceptors (Lipinski definition) is 5. The lowest BCUT2D eigenvalue weighted by Gasteiger charge is -2.29. The predicted molar refractivity (Wildman–Crippen MR) is 42.2 cm³/mol. The second-order valence-electron chi connectivity index (χ2n) is 1.97. The van der Waals surface area contributed by atoms with Crippen molar-refractivity contribution >= 4 is 5.91 Å². The van der Waals surface area contributed by atoms with Gasteiger partial charge < -0.3 is 0 Å². The normalized spacial score (nSPS) is 11.3. The Balaban J connectivity index is 4.39. The van der Waals surface area contributed by atoms with E-state index in [0.29, 0.717) is 0 Å². The van der Waals surface area contributed by atoms with Crippen molar-refractivity contribution < 1.29 is 4.79 Å². The van der Waals surface area contributed by atoms with Crippen LogP contribution in [0.2, 0.25) is 0 Å². The topological polar surface area (TPSA) is 91.2 Å². The molecule has 0 atom stereocenters. The van der Waals surface area contributed by atoms with Crippen molar-refractivity contribution in [2.24, 2.45) is 5.84 Å². The van der Waals surface area contributed by atoms with E-state index in [4.69, 9.17) is 5.84 Å². The fourth-order valence-corrected chi connectivity index (χ4v) is 0.824. The van der Waals surface area contributed by atoms with Crippen LogP contribution in [0.4, 0.5) is 0 Å². The molecule has 1 amide bonds. The maximum atomic E-state index is 11.1. The molecule has 0 unspecified atom stereocenters. The van der Waals surface area contributed by atoms with Crippen molar-refractivity contribution in [3.63, 3.8) is 0 Å². The fraction of sp³-hybridized carbons (Fsp3) is 0.800. The van der Waals surface area contributed by atoms with E-state index in [1.807, 2.05) is 5.43 Å². The van der Waals surface area contributed by atoms with Crippen LogP contribution in [0.3, 0.4) is 0 Å². The van der Waals surface area contributed by atoms with E-state index in [9.17, 15) is 4.79 Å². The molecule has 6 nitrogen and oxygen atoms in total. The molecular weight excluding hydrogens is 146 g/mol. The van der Waals surface area contributed by atoms with Gasteiger partial charge >= 0.3 is 0 Å². The third-order valence-corrected chi connectivity index (χ3v) is 1.60. The molecule has 0 radical (unpaired) electrons. The van der Waals surface area contributed by atoms with Gasteiger partial charge in [0.1, 0.15) is 0 Å². The van der Waals surface area contributed by atoms with Crippen molar-refractivity contribution in [1.82, 2.24) is 21.4 Å². The number of hydrogen-bond donors (Lipinski definition) is 5. The van der Waals surface area contributed by atoms with Crippen LogP contribution >= 0.6 is 0 Å². The summed E-state index contributed by atoms with van der Waals surface area (Å²) in [4.78, 5) is 11.1. The molecule has 0 saturated heterocycles. The number of nitrogens with two attached hydrogens (primary N) is 1. The van der Waals surface area contributed by atoms with Gasteiger partial charge in [0.2, 0.25) is 5.79 Å². The van der Waals surface area contributed by atoms with Gasteiger partial charge in [-0.1, -0.05) is 0 Å². The molecule has 6 heteroatoms. The average Bonchev–Trinajstić information content (AvgIpc) is 2.08. The van der Waals surface area contributed by atoms with E-state index in [2.05, 4.69) is 16.0 Å². The summed E-state index contributed by atoms with van der Waals surface area (Å²) in [5.41, 5.74) is 2.03. The highest BCUT2D eigenvalue weighted by Crippen LogP contribution is 1.89. The molecule has 0 aromatic carbocycles. The zero-order chi connectivity index (χ0) is 8.91. The Morgan fingerprint density at radius 3 is 1.64 bits per heavy atom. The minimum absolute atomic E-state index is 0.370. The molecule has 0 heterocycles. The summed E-state index contributed by atoms with van der Waals surface area (Å²) < 4.78 is 0. The van der Waals surface area contributed by atoms with Crippen molar-refractivity contribution in [2.45, 2.75) is 5.79 Å². The van der Waals surface area contributed by atoms with E-state index in [-0.39, 0.29) is 5.91 Å². The summed E-state index contributed by atoms with van der Waals surface area (Å²) in [5, 5.41) is 8.25. The second-order valence-corrected chi connectivity index (χ2v) is 1.97. The van der Waals surface area contributed by atoms with Gasteiger partial charge in [-0.3, -0.25) is 26.2 Å². The summed E-state index contributed by atoms with van der Waals surface area (Å²) in [6, 6.07) is 0. The zero-order valence-corrected chi connectivity index (χ0v) is 6.99. The third kappa shape index (κ3) is 1.87. The number of amides is 1. The predicted octanol–water partition coefficient (Wildman–Crippen LogP) is -2.71. The van der Waals surface area contributed by atoms with Crippen LogP contribution in [0.5, 0.6) is 0 Å². The van der Waals surface area contributed by atoms with Gasteiger partial charge in [0.25, 0.3) is 5.91 Å². The van der Waals surface area contributed by atoms with Crippen LogP contribution in [-0.2, 0) is 4.79 Å². The monoisotopic (exact) mass is 161 g/mol. The van der Waals surface area contributed by atoms with Gasteiger partial charge in [0, 0.05) is 0 Å². The number of carbonyl (C=O) groups excluding carboxylic acids is 1. The smallest absolute Gasteiger partial charge is 0.284 e. The van der Waals surface area contributed by atoms with Crippen LogP contribution in [0.15, 0.2) is 0 Å².